The highest BCUT2D eigenvalue weighted by Crippen LogP contribution is 2.26. The van der Waals surface area contributed by atoms with Crippen LogP contribution < -0.4 is 17.0 Å². The molecule has 1 aromatic carbocycles. The summed E-state index contributed by atoms with van der Waals surface area (Å²) in [6.45, 7) is 1.84. The smallest absolute Gasteiger partial charge is 0.248 e. The highest BCUT2D eigenvalue weighted by Gasteiger charge is 2.12. The Morgan fingerprint density at radius 2 is 1.86 bits per heavy atom. The molecule has 7 heteroatoms. The minimum atomic E-state index is -0.147. The molecule has 5 N–H and O–H groups in total. The largest absolute Gasteiger partial charge is 0.384 e. The van der Waals surface area contributed by atoms with Crippen molar-refractivity contribution in [2.45, 2.75) is 6.92 Å². The summed E-state index contributed by atoms with van der Waals surface area (Å²) in [7, 11) is 0. The summed E-state index contributed by atoms with van der Waals surface area (Å²) >= 11 is 0. The van der Waals surface area contributed by atoms with Crippen molar-refractivity contribution in [2.24, 2.45) is 0 Å². The predicted molar refractivity (Wildman–Crippen MR) is 109 cm³/mol. The molecule has 0 amide bonds. The molecule has 0 spiro atoms. The van der Waals surface area contributed by atoms with E-state index in [9.17, 15) is 4.79 Å². The summed E-state index contributed by atoms with van der Waals surface area (Å²) in [6.07, 6.45) is 1.61. The topological polar surface area (TPSA) is 124 Å². The summed E-state index contributed by atoms with van der Waals surface area (Å²) in [4.78, 5) is 27.0. The third-order valence-electron chi connectivity index (χ3n) is 4.22. The van der Waals surface area contributed by atoms with Gasteiger partial charge in [-0.15, -0.1) is 0 Å². The second-order valence-corrected chi connectivity index (χ2v) is 6.24. The van der Waals surface area contributed by atoms with Crippen molar-refractivity contribution in [3.63, 3.8) is 0 Å². The second-order valence-electron chi connectivity index (χ2n) is 6.24. The van der Waals surface area contributed by atoms with Crippen molar-refractivity contribution in [1.29, 1.82) is 0 Å². The van der Waals surface area contributed by atoms with Gasteiger partial charge in [0.1, 0.15) is 5.82 Å². The number of hydrogen-bond acceptors (Lipinski definition) is 6. The molecule has 28 heavy (non-hydrogen) atoms. The lowest BCUT2D eigenvalue weighted by Crippen LogP contribution is -2.04. The van der Waals surface area contributed by atoms with Crippen molar-refractivity contribution in [1.82, 2.24) is 19.9 Å². The molecule has 0 aliphatic carbocycles. The summed E-state index contributed by atoms with van der Waals surface area (Å²) in [5.41, 5.74) is 15.6. The predicted octanol–water partition coefficient (Wildman–Crippen LogP) is 2.25. The summed E-state index contributed by atoms with van der Waals surface area (Å²) in [5, 5.41) is 0.883. The SMILES string of the molecule is Cc1nc(N)nc(-c2ccc3[nH]c(=O)ccc3c2)c1C#Cc1ccc(N)nc1. The summed E-state index contributed by atoms with van der Waals surface area (Å²) in [5.74, 6) is 6.81. The van der Waals surface area contributed by atoms with Crippen LogP contribution in [0.25, 0.3) is 22.2 Å². The van der Waals surface area contributed by atoms with E-state index in [0.29, 0.717) is 22.8 Å². The fourth-order valence-corrected chi connectivity index (χ4v) is 2.87. The number of rotatable bonds is 1. The Kier molecular flexibility index (Phi) is 4.22. The van der Waals surface area contributed by atoms with E-state index in [1.807, 2.05) is 25.1 Å². The lowest BCUT2D eigenvalue weighted by atomic mass is 10.0. The van der Waals surface area contributed by atoms with E-state index in [4.69, 9.17) is 11.5 Å². The van der Waals surface area contributed by atoms with Crippen LogP contribution in [-0.4, -0.2) is 19.9 Å². The van der Waals surface area contributed by atoms with Gasteiger partial charge in [-0.25, -0.2) is 15.0 Å². The van der Waals surface area contributed by atoms with Crippen molar-refractivity contribution in [2.75, 3.05) is 11.5 Å². The van der Waals surface area contributed by atoms with E-state index < -0.39 is 0 Å². The molecular weight excluding hydrogens is 352 g/mol. The first-order valence-corrected chi connectivity index (χ1v) is 8.51. The normalized spacial score (nSPS) is 10.5. The standard InChI is InChI=1S/C21H16N6O/c1-12-16(6-2-13-3-8-18(22)24-11-13)20(27-21(23)25-12)15-4-7-17-14(10-15)5-9-19(28)26-17/h3-5,7-11H,1H3,(H2,22,24)(H,26,28)(H2,23,25,27). The molecule has 7 nitrogen and oxygen atoms in total. The highest BCUT2D eigenvalue weighted by atomic mass is 16.1. The monoisotopic (exact) mass is 368 g/mol. The number of fused-ring (bicyclic) bond motifs is 1. The zero-order valence-corrected chi connectivity index (χ0v) is 15.0. The van der Waals surface area contributed by atoms with Gasteiger partial charge in [0.25, 0.3) is 0 Å². The molecule has 0 saturated heterocycles. The number of nitrogens with two attached hydrogens (primary N) is 2. The zero-order valence-electron chi connectivity index (χ0n) is 15.0. The molecule has 0 radical (unpaired) electrons. The van der Waals surface area contributed by atoms with Crippen LogP contribution in [0.15, 0.2) is 53.5 Å². The number of anilines is 2. The quantitative estimate of drug-likeness (QED) is 0.443. The van der Waals surface area contributed by atoms with E-state index in [1.54, 1.807) is 24.4 Å². The van der Waals surface area contributed by atoms with Crippen LogP contribution >= 0.6 is 0 Å². The number of hydrogen-bond donors (Lipinski definition) is 3. The van der Waals surface area contributed by atoms with Crippen molar-refractivity contribution in [3.05, 3.63) is 75.8 Å². The van der Waals surface area contributed by atoms with E-state index >= 15 is 0 Å². The number of nitrogens with zero attached hydrogens (tertiary/aromatic N) is 3. The Bertz CT molecular complexity index is 1310. The maximum atomic E-state index is 11.5. The van der Waals surface area contributed by atoms with Crippen LogP contribution in [0.1, 0.15) is 16.8 Å². The molecule has 4 rings (SSSR count). The maximum absolute atomic E-state index is 11.5. The number of nitrogen functional groups attached to an aromatic ring is 2. The van der Waals surface area contributed by atoms with Gasteiger partial charge in [0.2, 0.25) is 11.5 Å². The number of aromatic amines is 1. The molecule has 0 aliphatic rings. The molecule has 0 aliphatic heterocycles. The van der Waals surface area contributed by atoms with Crippen molar-refractivity contribution < 1.29 is 0 Å². The summed E-state index contributed by atoms with van der Waals surface area (Å²) in [6, 6.07) is 12.4. The fourth-order valence-electron chi connectivity index (χ4n) is 2.87. The Morgan fingerprint density at radius 3 is 2.64 bits per heavy atom. The third-order valence-corrected chi connectivity index (χ3v) is 4.22. The number of nitrogens with one attached hydrogen (secondary N) is 1. The van der Waals surface area contributed by atoms with Crippen molar-refractivity contribution in [3.8, 4) is 23.1 Å². The molecule has 4 aromatic rings. The first-order chi connectivity index (χ1) is 13.5. The van der Waals surface area contributed by atoms with Crippen LogP contribution in [0.2, 0.25) is 0 Å². The lowest BCUT2D eigenvalue weighted by Gasteiger charge is -2.09. The second kappa shape index (κ2) is 6.85. The third kappa shape index (κ3) is 3.39. The Morgan fingerprint density at radius 1 is 1.00 bits per heavy atom. The van der Waals surface area contributed by atoms with Crippen LogP contribution in [0, 0.1) is 18.8 Å². The molecular formula is C21H16N6O. The van der Waals surface area contributed by atoms with Crippen LogP contribution in [-0.2, 0) is 0 Å². The van der Waals surface area contributed by atoms with Gasteiger partial charge in [-0.2, -0.15) is 0 Å². The zero-order chi connectivity index (χ0) is 19.7. The van der Waals surface area contributed by atoms with Gasteiger partial charge >= 0.3 is 0 Å². The molecule has 136 valence electrons. The van der Waals surface area contributed by atoms with Gasteiger partial charge in [0.15, 0.2) is 0 Å². The average molecular weight is 368 g/mol. The lowest BCUT2D eigenvalue weighted by molar-refractivity contribution is 1.11. The van der Waals surface area contributed by atoms with E-state index in [-0.39, 0.29) is 11.5 Å². The van der Waals surface area contributed by atoms with E-state index in [2.05, 4.69) is 31.8 Å². The Labute approximate surface area is 160 Å². The Balaban J connectivity index is 1.86. The Hall–Kier alpha value is -4.18. The first-order valence-electron chi connectivity index (χ1n) is 8.51. The van der Waals surface area contributed by atoms with E-state index in [1.165, 1.54) is 6.07 Å². The fraction of sp³-hybridized carbons (Fsp3) is 0.0476. The number of pyridine rings is 2. The minimum Gasteiger partial charge on any atom is -0.384 e. The van der Waals surface area contributed by atoms with E-state index in [0.717, 1.165) is 22.0 Å². The number of aryl methyl sites for hydroxylation is 1. The highest BCUT2D eigenvalue weighted by molar-refractivity contribution is 5.85. The molecule has 3 aromatic heterocycles. The van der Waals surface area contributed by atoms with Gasteiger partial charge in [-0.1, -0.05) is 17.9 Å². The molecule has 0 fully saturated rings. The number of H-pyrrole nitrogens is 1. The molecule has 0 bridgehead atoms. The first kappa shape index (κ1) is 17.2. The summed E-state index contributed by atoms with van der Waals surface area (Å²) < 4.78 is 0. The number of benzene rings is 1. The molecule has 0 atom stereocenters. The van der Waals surface area contributed by atoms with Gasteiger partial charge in [0, 0.05) is 28.9 Å². The van der Waals surface area contributed by atoms with Crippen LogP contribution in [0.5, 0.6) is 0 Å². The van der Waals surface area contributed by atoms with Crippen LogP contribution in [0.3, 0.4) is 0 Å². The average Bonchev–Trinajstić information content (AvgIpc) is 2.67. The van der Waals surface area contributed by atoms with Gasteiger partial charge in [0.05, 0.1) is 17.0 Å². The molecule has 0 unspecified atom stereocenters. The van der Waals surface area contributed by atoms with Gasteiger partial charge in [-0.05, 0) is 42.6 Å². The van der Waals surface area contributed by atoms with Crippen molar-refractivity contribution >= 4 is 22.7 Å². The van der Waals surface area contributed by atoms with Gasteiger partial charge < -0.3 is 16.5 Å². The minimum absolute atomic E-state index is 0.147. The molecule has 3 heterocycles. The maximum Gasteiger partial charge on any atom is 0.248 e. The number of aromatic nitrogens is 4. The van der Waals surface area contributed by atoms with Gasteiger partial charge in [-0.3, -0.25) is 4.79 Å². The molecule has 0 saturated carbocycles. The van der Waals surface area contributed by atoms with Crippen LogP contribution in [0.4, 0.5) is 11.8 Å².